The second kappa shape index (κ2) is 5.63. The van der Waals surface area contributed by atoms with Gasteiger partial charge in [0.15, 0.2) is 11.5 Å². The van der Waals surface area contributed by atoms with Crippen LogP contribution in [0, 0.1) is 11.3 Å². The third-order valence-corrected chi connectivity index (χ3v) is 3.23. The largest absolute Gasteiger partial charge is 0.493 e. The van der Waals surface area contributed by atoms with E-state index in [-0.39, 0.29) is 6.79 Å². The van der Waals surface area contributed by atoms with Gasteiger partial charge in [-0.15, -0.1) is 0 Å². The number of hydrogen-bond acceptors (Lipinski definition) is 5. The van der Waals surface area contributed by atoms with E-state index in [9.17, 15) is 5.26 Å². The summed E-state index contributed by atoms with van der Waals surface area (Å²) in [5, 5.41) is 12.6. The molecule has 1 atom stereocenters. The first-order valence-corrected chi connectivity index (χ1v) is 6.50. The fourth-order valence-electron chi connectivity index (χ4n) is 2.21. The molecule has 3 rings (SSSR count). The Morgan fingerprint density at radius 3 is 2.76 bits per heavy atom. The fourth-order valence-corrected chi connectivity index (χ4v) is 2.21. The highest BCUT2D eigenvalue weighted by Gasteiger charge is 2.23. The molecule has 0 radical (unpaired) electrons. The number of para-hydroxylation sites is 1. The molecule has 2 aromatic rings. The third kappa shape index (κ3) is 2.56. The van der Waals surface area contributed by atoms with E-state index in [4.69, 9.17) is 14.2 Å². The highest BCUT2D eigenvalue weighted by Crippen LogP contribution is 2.43. The van der Waals surface area contributed by atoms with Crippen molar-refractivity contribution >= 4 is 5.69 Å². The molecule has 21 heavy (non-hydrogen) atoms. The van der Waals surface area contributed by atoms with Gasteiger partial charge < -0.3 is 19.5 Å². The molecule has 0 saturated carbocycles. The monoisotopic (exact) mass is 282 g/mol. The van der Waals surface area contributed by atoms with Crippen LogP contribution in [0.15, 0.2) is 42.5 Å². The molecule has 1 N–H and O–H groups in total. The van der Waals surface area contributed by atoms with Crippen LogP contribution in [-0.4, -0.2) is 13.9 Å². The number of benzene rings is 2. The van der Waals surface area contributed by atoms with Gasteiger partial charge in [-0.2, -0.15) is 5.26 Å². The van der Waals surface area contributed by atoms with Crippen molar-refractivity contribution in [2.75, 3.05) is 19.2 Å². The number of ether oxygens (including phenoxy) is 3. The number of rotatable bonds is 4. The minimum absolute atomic E-state index is 0.165. The minimum Gasteiger partial charge on any atom is -0.493 e. The maximum atomic E-state index is 9.43. The average molecular weight is 282 g/mol. The summed E-state index contributed by atoms with van der Waals surface area (Å²) < 4.78 is 16.0. The lowest BCUT2D eigenvalue weighted by Crippen LogP contribution is -2.08. The van der Waals surface area contributed by atoms with Crippen molar-refractivity contribution in [3.05, 3.63) is 48.0 Å². The van der Waals surface area contributed by atoms with Crippen LogP contribution in [-0.2, 0) is 0 Å². The standard InChI is InChI=1S/C16H14N2O3/c1-19-14-7-11(8-15-16(14)21-10-20-15)13(9-17)18-12-5-3-2-4-6-12/h2-8,13,18H,10H2,1H3. The molecule has 0 fully saturated rings. The zero-order chi connectivity index (χ0) is 14.7. The smallest absolute Gasteiger partial charge is 0.231 e. The summed E-state index contributed by atoms with van der Waals surface area (Å²) in [6, 6.07) is 14.9. The van der Waals surface area contributed by atoms with Crippen LogP contribution < -0.4 is 19.5 Å². The third-order valence-electron chi connectivity index (χ3n) is 3.23. The van der Waals surface area contributed by atoms with Gasteiger partial charge in [0.2, 0.25) is 12.5 Å². The van der Waals surface area contributed by atoms with Gasteiger partial charge in [-0.1, -0.05) is 18.2 Å². The predicted octanol–water partition coefficient (Wildman–Crippen LogP) is 3.10. The van der Waals surface area contributed by atoms with Crippen molar-refractivity contribution in [1.29, 1.82) is 5.26 Å². The molecular formula is C16H14N2O3. The lowest BCUT2D eigenvalue weighted by molar-refractivity contribution is 0.171. The zero-order valence-corrected chi connectivity index (χ0v) is 11.5. The Labute approximate surface area is 122 Å². The second-order valence-electron chi connectivity index (χ2n) is 4.53. The van der Waals surface area contributed by atoms with Crippen molar-refractivity contribution in [3.63, 3.8) is 0 Å². The summed E-state index contributed by atoms with van der Waals surface area (Å²) in [6.45, 7) is 0.165. The van der Waals surface area contributed by atoms with Gasteiger partial charge in [-0.25, -0.2) is 0 Å². The maximum absolute atomic E-state index is 9.43. The van der Waals surface area contributed by atoms with Crippen LogP contribution in [0.25, 0.3) is 0 Å². The fraction of sp³-hybridized carbons (Fsp3) is 0.188. The Morgan fingerprint density at radius 1 is 1.24 bits per heavy atom. The van der Waals surface area contributed by atoms with E-state index < -0.39 is 6.04 Å². The van der Waals surface area contributed by atoms with Gasteiger partial charge in [0.05, 0.1) is 13.2 Å². The van der Waals surface area contributed by atoms with E-state index in [0.717, 1.165) is 11.3 Å². The molecule has 0 saturated heterocycles. The Hall–Kier alpha value is -2.87. The van der Waals surface area contributed by atoms with Gasteiger partial charge in [-0.3, -0.25) is 0 Å². The molecule has 1 heterocycles. The van der Waals surface area contributed by atoms with Gasteiger partial charge >= 0.3 is 0 Å². The molecule has 0 spiro atoms. The predicted molar refractivity (Wildman–Crippen MR) is 77.5 cm³/mol. The molecule has 1 unspecified atom stereocenters. The second-order valence-corrected chi connectivity index (χ2v) is 4.53. The van der Waals surface area contributed by atoms with Crippen LogP contribution in [0.3, 0.4) is 0 Å². The Balaban J connectivity index is 1.93. The van der Waals surface area contributed by atoms with Crippen molar-refractivity contribution in [3.8, 4) is 23.3 Å². The van der Waals surface area contributed by atoms with E-state index in [1.807, 2.05) is 30.3 Å². The number of anilines is 1. The number of fused-ring (bicyclic) bond motifs is 1. The lowest BCUT2D eigenvalue weighted by atomic mass is 10.1. The molecule has 0 aliphatic carbocycles. The maximum Gasteiger partial charge on any atom is 0.231 e. The van der Waals surface area contributed by atoms with Gasteiger partial charge in [0.25, 0.3) is 0 Å². The molecule has 1 aliphatic rings. The van der Waals surface area contributed by atoms with E-state index in [2.05, 4.69) is 11.4 Å². The summed E-state index contributed by atoms with van der Waals surface area (Å²) in [7, 11) is 1.56. The topological polar surface area (TPSA) is 63.5 Å². The van der Waals surface area contributed by atoms with Crippen LogP contribution in [0.4, 0.5) is 5.69 Å². The van der Waals surface area contributed by atoms with E-state index >= 15 is 0 Å². The van der Waals surface area contributed by atoms with Crippen LogP contribution in [0.1, 0.15) is 11.6 Å². The van der Waals surface area contributed by atoms with Crippen molar-refractivity contribution in [2.45, 2.75) is 6.04 Å². The van der Waals surface area contributed by atoms with Gasteiger partial charge in [0.1, 0.15) is 6.04 Å². The molecule has 1 aliphatic heterocycles. The molecule has 5 heteroatoms. The summed E-state index contributed by atoms with van der Waals surface area (Å²) in [5.41, 5.74) is 1.64. The number of hydrogen-bond donors (Lipinski definition) is 1. The van der Waals surface area contributed by atoms with E-state index in [1.165, 1.54) is 0 Å². The number of nitrogens with one attached hydrogen (secondary N) is 1. The van der Waals surface area contributed by atoms with Gasteiger partial charge in [-0.05, 0) is 29.8 Å². The Bertz CT molecular complexity index is 680. The first kappa shape index (κ1) is 13.1. The van der Waals surface area contributed by atoms with Crippen LogP contribution >= 0.6 is 0 Å². The van der Waals surface area contributed by atoms with Crippen molar-refractivity contribution in [1.82, 2.24) is 0 Å². The van der Waals surface area contributed by atoms with E-state index in [0.29, 0.717) is 17.2 Å². The number of methoxy groups -OCH3 is 1. The molecule has 0 aromatic heterocycles. The molecule has 2 aromatic carbocycles. The van der Waals surface area contributed by atoms with E-state index in [1.54, 1.807) is 19.2 Å². The SMILES string of the molecule is COc1cc(C(C#N)Nc2ccccc2)cc2c1OCO2. The highest BCUT2D eigenvalue weighted by atomic mass is 16.7. The lowest BCUT2D eigenvalue weighted by Gasteiger charge is -2.15. The molecule has 0 bridgehead atoms. The molecular weight excluding hydrogens is 268 g/mol. The average Bonchev–Trinajstić information content (AvgIpc) is 3.01. The van der Waals surface area contributed by atoms with Crippen molar-refractivity contribution in [2.24, 2.45) is 0 Å². The van der Waals surface area contributed by atoms with Crippen molar-refractivity contribution < 1.29 is 14.2 Å². The highest BCUT2D eigenvalue weighted by molar-refractivity contribution is 5.57. The quantitative estimate of drug-likeness (QED) is 0.933. The molecule has 106 valence electrons. The summed E-state index contributed by atoms with van der Waals surface area (Å²) in [6.07, 6.45) is 0. The first-order valence-electron chi connectivity index (χ1n) is 6.50. The van der Waals surface area contributed by atoms with Crippen LogP contribution in [0.2, 0.25) is 0 Å². The summed E-state index contributed by atoms with van der Waals surface area (Å²) in [5.74, 6) is 1.74. The normalized spacial score (nSPS) is 13.3. The molecule has 5 nitrogen and oxygen atoms in total. The van der Waals surface area contributed by atoms with Crippen LogP contribution in [0.5, 0.6) is 17.2 Å². The summed E-state index contributed by atoms with van der Waals surface area (Å²) in [4.78, 5) is 0. The van der Waals surface area contributed by atoms with Gasteiger partial charge in [0, 0.05) is 5.69 Å². The number of nitrogens with zero attached hydrogens (tertiary/aromatic N) is 1. The summed E-state index contributed by atoms with van der Waals surface area (Å²) >= 11 is 0. The Kier molecular flexibility index (Phi) is 3.52. The number of nitriles is 1. The zero-order valence-electron chi connectivity index (χ0n) is 11.5. The minimum atomic E-state index is -0.504. The first-order chi connectivity index (χ1) is 10.3. The molecule has 0 amide bonds. The Morgan fingerprint density at radius 2 is 2.05 bits per heavy atom.